The number of carboxylic acids is 1. The van der Waals surface area contributed by atoms with Gasteiger partial charge in [0.2, 0.25) is 5.91 Å². The molecule has 33 heavy (non-hydrogen) atoms. The Hall–Kier alpha value is -3.74. The maximum atomic E-state index is 13.0. The second kappa shape index (κ2) is 8.65. The van der Waals surface area contributed by atoms with E-state index in [1.165, 1.54) is 12.3 Å². The molecule has 0 atom stereocenters. The number of hydrogen-bond donors (Lipinski definition) is 1. The average molecular weight is 453 g/mol. The fourth-order valence-electron chi connectivity index (χ4n) is 4.36. The lowest BCUT2D eigenvalue weighted by Gasteiger charge is -2.42. The number of nitrogens with zero attached hydrogens (tertiary/aromatic N) is 9. The van der Waals surface area contributed by atoms with Crippen molar-refractivity contribution < 1.29 is 19.4 Å². The molecule has 2 fully saturated rings. The molecule has 0 bridgehead atoms. The lowest BCUT2D eigenvalue weighted by Crippen LogP contribution is -2.54. The van der Waals surface area contributed by atoms with Gasteiger partial charge in [-0.3, -0.25) is 9.48 Å². The second-order valence-corrected chi connectivity index (χ2v) is 8.50. The Kier molecular flexibility index (Phi) is 5.54. The molecule has 3 aromatic heterocycles. The third-order valence-electron chi connectivity index (χ3n) is 6.31. The van der Waals surface area contributed by atoms with E-state index in [0.717, 1.165) is 0 Å². The number of likely N-dealkylation sites (tertiary alicyclic amines) is 1. The summed E-state index contributed by atoms with van der Waals surface area (Å²) in [4.78, 5) is 29.7. The van der Waals surface area contributed by atoms with Crippen LogP contribution in [-0.4, -0.2) is 88.4 Å². The molecule has 0 spiro atoms. The standard InChI is InChI=1S/C20H23N9O4/c30-18(7-20(3-5-33-6-4-20)29-13-22-24-26-29)27-9-14(10-27)11-28-12-17(23-25-28)15-1-2-16(19(31)32)21-8-15/h1-2,8,12-14H,3-7,9-11H2,(H,31,32). The molecule has 2 aliphatic rings. The van der Waals surface area contributed by atoms with Crippen LogP contribution in [0.3, 0.4) is 0 Å². The average Bonchev–Trinajstić information content (AvgIpc) is 3.49. The van der Waals surface area contributed by atoms with Gasteiger partial charge in [-0.1, -0.05) is 5.21 Å². The number of aromatic nitrogens is 8. The van der Waals surface area contributed by atoms with Crippen molar-refractivity contribution in [2.75, 3.05) is 26.3 Å². The number of tetrazole rings is 1. The van der Waals surface area contributed by atoms with Gasteiger partial charge in [0.05, 0.1) is 18.2 Å². The molecule has 5 rings (SSSR count). The molecular formula is C20H23N9O4. The van der Waals surface area contributed by atoms with Crippen LogP contribution in [0.25, 0.3) is 11.3 Å². The number of ether oxygens (including phenoxy) is 1. The van der Waals surface area contributed by atoms with Crippen molar-refractivity contribution in [3.8, 4) is 11.3 Å². The summed E-state index contributed by atoms with van der Waals surface area (Å²) in [6.07, 6.45) is 6.59. The summed E-state index contributed by atoms with van der Waals surface area (Å²) in [5.41, 5.74) is 0.859. The van der Waals surface area contributed by atoms with E-state index in [1.807, 2.05) is 4.90 Å². The van der Waals surface area contributed by atoms with Gasteiger partial charge in [0, 0.05) is 50.5 Å². The highest BCUT2D eigenvalue weighted by Gasteiger charge is 2.41. The van der Waals surface area contributed by atoms with E-state index in [1.54, 1.807) is 28.0 Å². The number of amides is 1. The summed E-state index contributed by atoms with van der Waals surface area (Å²) in [7, 11) is 0. The number of carboxylic acid groups (broad SMARTS) is 1. The largest absolute Gasteiger partial charge is 0.477 e. The van der Waals surface area contributed by atoms with Gasteiger partial charge in [-0.2, -0.15) is 0 Å². The topological polar surface area (TPSA) is 154 Å². The smallest absolute Gasteiger partial charge is 0.354 e. The van der Waals surface area contributed by atoms with Crippen LogP contribution < -0.4 is 0 Å². The Labute approximate surface area is 188 Å². The van der Waals surface area contributed by atoms with Gasteiger partial charge in [-0.05, 0) is 35.4 Å². The van der Waals surface area contributed by atoms with Gasteiger partial charge in [-0.25, -0.2) is 14.5 Å². The number of carbonyl (C=O) groups is 2. The van der Waals surface area contributed by atoms with Crippen molar-refractivity contribution >= 4 is 11.9 Å². The van der Waals surface area contributed by atoms with Crippen molar-refractivity contribution in [1.82, 2.24) is 45.1 Å². The summed E-state index contributed by atoms with van der Waals surface area (Å²) >= 11 is 0. The molecule has 0 radical (unpaired) electrons. The van der Waals surface area contributed by atoms with E-state index < -0.39 is 11.5 Å². The maximum Gasteiger partial charge on any atom is 0.354 e. The van der Waals surface area contributed by atoms with Gasteiger partial charge in [0.1, 0.15) is 17.7 Å². The fraction of sp³-hybridized carbons (Fsp3) is 0.500. The van der Waals surface area contributed by atoms with Crippen molar-refractivity contribution in [3.63, 3.8) is 0 Å². The Bertz CT molecular complexity index is 1120. The molecule has 13 heteroatoms. The Balaban J connectivity index is 1.16. The number of pyridine rings is 1. The zero-order chi connectivity index (χ0) is 22.8. The van der Waals surface area contributed by atoms with Crippen molar-refractivity contribution in [2.45, 2.75) is 31.3 Å². The minimum atomic E-state index is -1.07. The first-order chi connectivity index (χ1) is 16.0. The summed E-state index contributed by atoms with van der Waals surface area (Å²) in [5.74, 6) is -0.697. The summed E-state index contributed by atoms with van der Waals surface area (Å²) in [5, 5.41) is 28.8. The van der Waals surface area contributed by atoms with Crippen molar-refractivity contribution in [1.29, 1.82) is 0 Å². The molecule has 2 saturated heterocycles. The Morgan fingerprint density at radius 1 is 1.18 bits per heavy atom. The first-order valence-corrected chi connectivity index (χ1v) is 10.7. The van der Waals surface area contributed by atoms with E-state index >= 15 is 0 Å². The molecule has 0 aromatic carbocycles. The molecular weight excluding hydrogens is 430 g/mol. The first-order valence-electron chi connectivity index (χ1n) is 10.7. The SMILES string of the molecule is O=C(O)c1ccc(-c2cn(CC3CN(C(=O)CC4(n5cnnn5)CCOCC4)C3)nn2)cn1. The molecule has 1 amide bonds. The minimum absolute atomic E-state index is 0.0204. The molecule has 0 aliphatic carbocycles. The van der Waals surface area contributed by atoms with Crippen LogP contribution >= 0.6 is 0 Å². The second-order valence-electron chi connectivity index (χ2n) is 8.50. The van der Waals surface area contributed by atoms with Crippen molar-refractivity contribution in [2.24, 2.45) is 5.92 Å². The van der Waals surface area contributed by atoms with Gasteiger partial charge in [0.25, 0.3) is 0 Å². The highest BCUT2D eigenvalue weighted by atomic mass is 16.5. The quantitative estimate of drug-likeness (QED) is 0.520. The Morgan fingerprint density at radius 2 is 2.00 bits per heavy atom. The number of aromatic carboxylic acids is 1. The summed E-state index contributed by atoms with van der Waals surface area (Å²) in [6, 6.07) is 3.10. The molecule has 172 valence electrons. The molecule has 0 unspecified atom stereocenters. The summed E-state index contributed by atoms with van der Waals surface area (Å²) < 4.78 is 8.94. The van der Waals surface area contributed by atoms with E-state index in [-0.39, 0.29) is 17.5 Å². The molecule has 2 aliphatic heterocycles. The Morgan fingerprint density at radius 3 is 2.67 bits per heavy atom. The van der Waals surface area contributed by atoms with Crippen LogP contribution in [0.4, 0.5) is 0 Å². The number of rotatable bonds is 7. The normalized spacial score (nSPS) is 18.1. The van der Waals surface area contributed by atoms with Crippen LogP contribution in [0.2, 0.25) is 0 Å². The molecule has 1 N–H and O–H groups in total. The number of carbonyl (C=O) groups excluding carboxylic acids is 1. The third-order valence-corrected chi connectivity index (χ3v) is 6.31. The van der Waals surface area contributed by atoms with Gasteiger partial charge < -0.3 is 14.7 Å². The van der Waals surface area contributed by atoms with Gasteiger partial charge in [0.15, 0.2) is 0 Å². The lowest BCUT2D eigenvalue weighted by molar-refractivity contribution is -0.142. The lowest BCUT2D eigenvalue weighted by atomic mass is 9.85. The molecule has 3 aromatic rings. The summed E-state index contributed by atoms with van der Waals surface area (Å²) in [6.45, 7) is 3.12. The highest BCUT2D eigenvalue weighted by Crippen LogP contribution is 2.33. The zero-order valence-electron chi connectivity index (χ0n) is 17.8. The van der Waals surface area contributed by atoms with E-state index in [4.69, 9.17) is 9.84 Å². The minimum Gasteiger partial charge on any atom is -0.477 e. The van der Waals surface area contributed by atoms with Gasteiger partial charge in [-0.15, -0.1) is 10.2 Å². The van der Waals surface area contributed by atoms with Crippen LogP contribution in [0, 0.1) is 5.92 Å². The van der Waals surface area contributed by atoms with E-state index in [2.05, 4.69) is 30.8 Å². The van der Waals surface area contributed by atoms with Crippen LogP contribution in [0.1, 0.15) is 29.8 Å². The molecule has 0 saturated carbocycles. The third kappa shape index (κ3) is 4.31. The zero-order valence-corrected chi connectivity index (χ0v) is 17.8. The number of hydrogen-bond acceptors (Lipinski definition) is 9. The predicted molar refractivity (Wildman–Crippen MR) is 111 cm³/mol. The van der Waals surface area contributed by atoms with E-state index in [0.29, 0.717) is 63.4 Å². The monoisotopic (exact) mass is 453 g/mol. The maximum absolute atomic E-state index is 13.0. The molecule has 13 nitrogen and oxygen atoms in total. The van der Waals surface area contributed by atoms with Crippen LogP contribution in [0.5, 0.6) is 0 Å². The highest BCUT2D eigenvalue weighted by molar-refractivity contribution is 5.85. The van der Waals surface area contributed by atoms with Gasteiger partial charge >= 0.3 is 5.97 Å². The van der Waals surface area contributed by atoms with Crippen LogP contribution in [0.15, 0.2) is 30.9 Å². The predicted octanol–water partition coefficient (Wildman–Crippen LogP) is 0.0792. The van der Waals surface area contributed by atoms with Crippen LogP contribution in [-0.2, 0) is 21.6 Å². The van der Waals surface area contributed by atoms with Crippen molar-refractivity contribution in [3.05, 3.63) is 36.5 Å². The first kappa shape index (κ1) is 21.1. The van der Waals surface area contributed by atoms with E-state index in [9.17, 15) is 9.59 Å². The molecule has 5 heterocycles. The fourth-order valence-corrected chi connectivity index (χ4v) is 4.36.